The maximum atomic E-state index is 11.7. The largest absolute Gasteiger partial charge is 0.469 e. The number of unbranched alkanes of at least 4 members (excludes halogenated alkanes) is 4. The summed E-state index contributed by atoms with van der Waals surface area (Å²) in [4.78, 5) is 25.2. The van der Waals surface area contributed by atoms with Crippen LogP contribution in [-0.2, 0) is 20.7 Å². The fourth-order valence-electron chi connectivity index (χ4n) is 2.27. The van der Waals surface area contributed by atoms with Crippen molar-refractivity contribution < 1.29 is 14.3 Å². The molecular weight excluding hydrogens is 308 g/mol. The van der Waals surface area contributed by atoms with Crippen LogP contribution >= 0.6 is 11.3 Å². The number of carbonyl (C=O) groups excluding carboxylic acids is 2. The molecular formula is C19H28O3S. The zero-order chi connectivity index (χ0) is 16.9. The fraction of sp³-hybridized carbons (Fsp3) is 0.579. The standard InChI is InChI=1S/C19H28O3S/c1-3-4-6-9-16(20)12-13-18-15-14-17(23-18)10-7-5-8-11-19(21)22-2/h12-15H,3-11H2,1-2H3. The first-order valence-electron chi connectivity index (χ1n) is 8.52. The number of aryl methyl sites for hydroxylation is 1. The minimum atomic E-state index is -0.128. The molecule has 0 saturated heterocycles. The molecule has 1 rings (SSSR count). The minimum absolute atomic E-state index is 0.128. The van der Waals surface area contributed by atoms with E-state index in [4.69, 9.17) is 0 Å². The van der Waals surface area contributed by atoms with Crippen molar-refractivity contribution >= 4 is 29.2 Å². The van der Waals surface area contributed by atoms with Gasteiger partial charge in [-0.25, -0.2) is 0 Å². The highest BCUT2D eigenvalue weighted by Gasteiger charge is 2.02. The first-order valence-corrected chi connectivity index (χ1v) is 9.33. The lowest BCUT2D eigenvalue weighted by Gasteiger charge is -1.99. The van der Waals surface area contributed by atoms with Crippen LogP contribution in [0.15, 0.2) is 18.2 Å². The molecule has 0 aliphatic rings. The molecule has 0 radical (unpaired) electrons. The average Bonchev–Trinajstić information content (AvgIpc) is 3.00. The molecule has 23 heavy (non-hydrogen) atoms. The highest BCUT2D eigenvalue weighted by atomic mass is 32.1. The van der Waals surface area contributed by atoms with Gasteiger partial charge in [0.15, 0.2) is 5.78 Å². The second-order valence-corrected chi connectivity index (χ2v) is 6.90. The normalized spacial score (nSPS) is 11.0. The van der Waals surface area contributed by atoms with Crippen molar-refractivity contribution in [3.8, 4) is 0 Å². The Morgan fingerprint density at radius 3 is 2.61 bits per heavy atom. The number of hydrogen-bond donors (Lipinski definition) is 0. The highest BCUT2D eigenvalue weighted by molar-refractivity contribution is 7.12. The van der Waals surface area contributed by atoms with E-state index >= 15 is 0 Å². The first-order chi connectivity index (χ1) is 11.2. The van der Waals surface area contributed by atoms with Gasteiger partial charge in [0.1, 0.15) is 0 Å². The molecule has 128 valence electrons. The van der Waals surface area contributed by atoms with Crippen molar-refractivity contribution in [1.29, 1.82) is 0 Å². The van der Waals surface area contributed by atoms with E-state index in [1.165, 1.54) is 12.0 Å². The molecule has 1 aromatic heterocycles. The number of ether oxygens (including phenoxy) is 1. The third-order valence-corrected chi connectivity index (χ3v) is 4.78. The van der Waals surface area contributed by atoms with Gasteiger partial charge in [0.2, 0.25) is 0 Å². The van der Waals surface area contributed by atoms with E-state index in [0.717, 1.165) is 49.8 Å². The van der Waals surface area contributed by atoms with Gasteiger partial charge >= 0.3 is 5.97 Å². The van der Waals surface area contributed by atoms with Gasteiger partial charge in [-0.05, 0) is 50.0 Å². The summed E-state index contributed by atoms with van der Waals surface area (Å²) in [6.07, 6.45) is 12.1. The third kappa shape index (κ3) is 9.34. The summed E-state index contributed by atoms with van der Waals surface area (Å²) in [5.41, 5.74) is 0. The number of hydrogen-bond acceptors (Lipinski definition) is 4. The number of rotatable bonds is 12. The van der Waals surface area contributed by atoms with E-state index in [2.05, 4.69) is 23.8 Å². The van der Waals surface area contributed by atoms with E-state index in [0.29, 0.717) is 12.8 Å². The van der Waals surface area contributed by atoms with Crippen LogP contribution in [0.4, 0.5) is 0 Å². The molecule has 4 heteroatoms. The summed E-state index contributed by atoms with van der Waals surface area (Å²) in [5, 5.41) is 0. The van der Waals surface area contributed by atoms with Crippen LogP contribution in [0.5, 0.6) is 0 Å². The predicted molar refractivity (Wildman–Crippen MR) is 96.7 cm³/mol. The topological polar surface area (TPSA) is 43.4 Å². The quantitative estimate of drug-likeness (QED) is 0.300. The van der Waals surface area contributed by atoms with Crippen molar-refractivity contribution in [2.75, 3.05) is 7.11 Å². The SMILES string of the molecule is CCCCCC(=O)C=Cc1ccc(CCCCCC(=O)OC)s1. The molecule has 0 aliphatic heterocycles. The molecule has 0 aliphatic carbocycles. The van der Waals surface area contributed by atoms with Gasteiger partial charge in [-0.2, -0.15) is 0 Å². The summed E-state index contributed by atoms with van der Waals surface area (Å²) in [6.45, 7) is 2.14. The van der Waals surface area contributed by atoms with Crippen LogP contribution in [-0.4, -0.2) is 18.9 Å². The number of methoxy groups -OCH3 is 1. The molecule has 0 atom stereocenters. The van der Waals surface area contributed by atoms with Gasteiger partial charge in [-0.15, -0.1) is 11.3 Å². The molecule has 1 aromatic rings. The maximum Gasteiger partial charge on any atom is 0.305 e. The average molecular weight is 336 g/mol. The molecule has 0 saturated carbocycles. The van der Waals surface area contributed by atoms with Crippen LogP contribution in [0, 0.1) is 0 Å². The fourth-order valence-corrected chi connectivity index (χ4v) is 3.23. The Morgan fingerprint density at radius 1 is 1.09 bits per heavy atom. The molecule has 0 amide bonds. The van der Waals surface area contributed by atoms with Gasteiger partial charge in [0.05, 0.1) is 7.11 Å². The Labute approximate surface area is 143 Å². The lowest BCUT2D eigenvalue weighted by molar-refractivity contribution is -0.140. The Morgan fingerprint density at radius 2 is 1.87 bits per heavy atom. The summed E-state index contributed by atoms with van der Waals surface area (Å²) in [5.74, 6) is 0.0911. The van der Waals surface area contributed by atoms with Gasteiger partial charge in [0, 0.05) is 22.6 Å². The molecule has 0 fully saturated rings. The Hall–Kier alpha value is -1.42. The molecule has 1 heterocycles. The first kappa shape index (κ1) is 19.6. The van der Waals surface area contributed by atoms with Gasteiger partial charge in [-0.3, -0.25) is 9.59 Å². The molecule has 0 aromatic carbocycles. The van der Waals surface area contributed by atoms with Gasteiger partial charge in [0.25, 0.3) is 0 Å². The van der Waals surface area contributed by atoms with E-state index in [1.807, 2.05) is 6.08 Å². The summed E-state index contributed by atoms with van der Waals surface area (Å²) < 4.78 is 4.62. The number of thiophene rings is 1. The van der Waals surface area contributed by atoms with Crippen LogP contribution in [0.2, 0.25) is 0 Å². The smallest absolute Gasteiger partial charge is 0.305 e. The lowest BCUT2D eigenvalue weighted by Crippen LogP contribution is -1.99. The van der Waals surface area contributed by atoms with Gasteiger partial charge < -0.3 is 4.74 Å². The Kier molecular flexibility index (Phi) is 10.3. The summed E-state index contributed by atoms with van der Waals surface area (Å²) in [7, 11) is 1.43. The van der Waals surface area contributed by atoms with Crippen molar-refractivity contribution in [3.05, 3.63) is 28.0 Å². The summed E-state index contributed by atoms with van der Waals surface area (Å²) >= 11 is 1.74. The molecule has 3 nitrogen and oxygen atoms in total. The molecule has 0 N–H and O–H groups in total. The van der Waals surface area contributed by atoms with Crippen molar-refractivity contribution in [1.82, 2.24) is 0 Å². The molecule has 0 unspecified atom stereocenters. The number of allylic oxidation sites excluding steroid dienone is 1. The maximum absolute atomic E-state index is 11.7. The van der Waals surface area contributed by atoms with Crippen LogP contribution < -0.4 is 0 Å². The zero-order valence-electron chi connectivity index (χ0n) is 14.3. The van der Waals surface area contributed by atoms with Crippen LogP contribution in [0.3, 0.4) is 0 Å². The molecule has 0 spiro atoms. The second-order valence-electron chi connectivity index (χ2n) is 5.70. The monoisotopic (exact) mass is 336 g/mol. The number of ketones is 1. The molecule has 0 bridgehead atoms. The van der Waals surface area contributed by atoms with Crippen molar-refractivity contribution in [3.63, 3.8) is 0 Å². The highest BCUT2D eigenvalue weighted by Crippen LogP contribution is 2.20. The van der Waals surface area contributed by atoms with E-state index in [-0.39, 0.29) is 11.8 Å². The Balaban J connectivity index is 2.23. The third-order valence-electron chi connectivity index (χ3n) is 3.67. The van der Waals surface area contributed by atoms with E-state index < -0.39 is 0 Å². The van der Waals surface area contributed by atoms with E-state index in [9.17, 15) is 9.59 Å². The number of carbonyl (C=O) groups is 2. The van der Waals surface area contributed by atoms with Crippen molar-refractivity contribution in [2.24, 2.45) is 0 Å². The lowest BCUT2D eigenvalue weighted by atomic mass is 10.1. The predicted octanol–water partition coefficient (Wildman–Crippen LogP) is 5.19. The van der Waals surface area contributed by atoms with Crippen LogP contribution in [0.25, 0.3) is 6.08 Å². The number of esters is 1. The summed E-state index contributed by atoms with van der Waals surface area (Å²) in [6, 6.07) is 4.20. The Bertz CT molecular complexity index is 502. The zero-order valence-corrected chi connectivity index (χ0v) is 15.1. The van der Waals surface area contributed by atoms with E-state index in [1.54, 1.807) is 17.4 Å². The second kappa shape index (κ2) is 12.1. The minimum Gasteiger partial charge on any atom is -0.469 e. The van der Waals surface area contributed by atoms with Crippen LogP contribution in [0.1, 0.15) is 68.0 Å². The van der Waals surface area contributed by atoms with Crippen molar-refractivity contribution in [2.45, 2.75) is 64.7 Å². The van der Waals surface area contributed by atoms with Gasteiger partial charge in [-0.1, -0.05) is 26.2 Å².